The molecular weight excluding hydrogens is 266 g/mol. The lowest BCUT2D eigenvalue weighted by Crippen LogP contribution is -2.38. The normalized spacial score (nSPS) is 15.8. The van der Waals surface area contributed by atoms with Crippen LogP contribution in [0.2, 0.25) is 0 Å². The number of hydrogen-bond donors (Lipinski definition) is 2. The smallest absolute Gasteiger partial charge is 0.271 e. The zero-order valence-corrected chi connectivity index (χ0v) is 13.4. The van der Waals surface area contributed by atoms with Crippen molar-refractivity contribution in [1.29, 1.82) is 0 Å². The van der Waals surface area contributed by atoms with Crippen molar-refractivity contribution in [2.75, 3.05) is 25.9 Å². The van der Waals surface area contributed by atoms with Gasteiger partial charge in [0, 0.05) is 26.2 Å². The molecule has 0 atom stereocenters. The van der Waals surface area contributed by atoms with E-state index in [1.807, 2.05) is 6.92 Å². The molecule has 0 unspecified atom stereocenters. The van der Waals surface area contributed by atoms with Gasteiger partial charge in [-0.3, -0.25) is 9.48 Å². The minimum atomic E-state index is -0.137. The van der Waals surface area contributed by atoms with E-state index in [4.69, 9.17) is 5.73 Å². The molecule has 0 radical (unpaired) electrons. The average Bonchev–Trinajstić information content (AvgIpc) is 3.06. The van der Waals surface area contributed by atoms with Crippen molar-refractivity contribution in [3.63, 3.8) is 0 Å². The topological polar surface area (TPSA) is 76.2 Å². The van der Waals surface area contributed by atoms with E-state index >= 15 is 0 Å². The van der Waals surface area contributed by atoms with Crippen LogP contribution in [0.5, 0.6) is 0 Å². The van der Waals surface area contributed by atoms with E-state index in [-0.39, 0.29) is 5.91 Å². The fraction of sp³-hybridized carbons (Fsp3) is 0.733. The summed E-state index contributed by atoms with van der Waals surface area (Å²) in [6, 6.07) is 0.676. The van der Waals surface area contributed by atoms with Crippen LogP contribution in [0.25, 0.3) is 0 Å². The molecule has 0 aromatic carbocycles. The molecule has 1 fully saturated rings. The number of nitrogens with zero attached hydrogens (tertiary/aromatic N) is 3. The summed E-state index contributed by atoms with van der Waals surface area (Å²) in [6.45, 7) is 3.49. The van der Waals surface area contributed by atoms with Gasteiger partial charge in [0.2, 0.25) is 0 Å². The van der Waals surface area contributed by atoms with Crippen molar-refractivity contribution >= 4 is 11.6 Å². The number of hydrogen-bond acceptors (Lipinski definition) is 4. The highest BCUT2D eigenvalue weighted by Gasteiger charge is 2.21. The lowest BCUT2D eigenvalue weighted by molar-refractivity contribution is 0.0938. The van der Waals surface area contributed by atoms with Gasteiger partial charge in [0.05, 0.1) is 11.4 Å². The number of aryl methyl sites for hydroxylation is 2. The predicted molar refractivity (Wildman–Crippen MR) is 84.2 cm³/mol. The standard InChI is InChI=1S/C15H27N5O/c1-4-12-13(16)14(20(3)18-12)15(21)17-9-10-19(2)11-7-5-6-8-11/h11H,4-10,16H2,1-3H3,(H,17,21). The van der Waals surface area contributed by atoms with Gasteiger partial charge in [-0.25, -0.2) is 0 Å². The van der Waals surface area contributed by atoms with E-state index < -0.39 is 0 Å². The molecule has 0 saturated heterocycles. The van der Waals surface area contributed by atoms with E-state index in [1.165, 1.54) is 25.7 Å². The summed E-state index contributed by atoms with van der Waals surface area (Å²) in [5.74, 6) is -0.137. The zero-order valence-electron chi connectivity index (χ0n) is 13.4. The van der Waals surface area contributed by atoms with E-state index in [0.717, 1.165) is 18.7 Å². The maximum atomic E-state index is 12.2. The first kappa shape index (κ1) is 15.8. The molecule has 1 aromatic heterocycles. The Bertz CT molecular complexity index is 490. The Labute approximate surface area is 126 Å². The highest BCUT2D eigenvalue weighted by Crippen LogP contribution is 2.22. The number of nitrogen functional groups attached to an aromatic ring is 1. The largest absolute Gasteiger partial charge is 0.395 e. The van der Waals surface area contributed by atoms with Crippen LogP contribution in [-0.4, -0.2) is 46.8 Å². The van der Waals surface area contributed by atoms with Crippen LogP contribution in [0.1, 0.15) is 48.8 Å². The molecule has 1 heterocycles. The number of aromatic nitrogens is 2. The summed E-state index contributed by atoms with van der Waals surface area (Å²) < 4.78 is 1.57. The summed E-state index contributed by atoms with van der Waals surface area (Å²) >= 11 is 0. The summed E-state index contributed by atoms with van der Waals surface area (Å²) in [5.41, 5.74) is 7.74. The van der Waals surface area contributed by atoms with Crippen molar-refractivity contribution in [2.45, 2.75) is 45.1 Å². The minimum absolute atomic E-state index is 0.137. The minimum Gasteiger partial charge on any atom is -0.395 e. The third kappa shape index (κ3) is 3.56. The van der Waals surface area contributed by atoms with E-state index in [2.05, 4.69) is 22.4 Å². The van der Waals surface area contributed by atoms with Crippen LogP contribution in [0.3, 0.4) is 0 Å². The van der Waals surface area contributed by atoms with Gasteiger partial charge >= 0.3 is 0 Å². The first-order valence-corrected chi connectivity index (χ1v) is 7.84. The zero-order chi connectivity index (χ0) is 15.4. The fourth-order valence-corrected chi connectivity index (χ4v) is 3.08. The third-order valence-corrected chi connectivity index (χ3v) is 4.41. The van der Waals surface area contributed by atoms with Crippen molar-refractivity contribution in [2.24, 2.45) is 7.05 Å². The van der Waals surface area contributed by atoms with E-state index in [1.54, 1.807) is 11.7 Å². The summed E-state index contributed by atoms with van der Waals surface area (Å²) in [7, 11) is 3.89. The van der Waals surface area contributed by atoms with Gasteiger partial charge < -0.3 is 16.0 Å². The Kier molecular flexibility index (Phi) is 5.22. The number of anilines is 1. The maximum absolute atomic E-state index is 12.2. The summed E-state index contributed by atoms with van der Waals surface area (Å²) in [4.78, 5) is 14.6. The molecule has 1 saturated carbocycles. The lowest BCUT2D eigenvalue weighted by atomic mass is 10.2. The number of carbonyl (C=O) groups is 1. The van der Waals surface area contributed by atoms with Crippen LogP contribution < -0.4 is 11.1 Å². The first-order valence-electron chi connectivity index (χ1n) is 7.84. The summed E-state index contributed by atoms with van der Waals surface area (Å²) in [5, 5.41) is 7.23. The van der Waals surface area contributed by atoms with E-state index in [9.17, 15) is 4.79 Å². The molecule has 21 heavy (non-hydrogen) atoms. The number of nitrogens with two attached hydrogens (primary N) is 1. The second-order valence-corrected chi connectivity index (χ2v) is 5.86. The molecule has 0 bridgehead atoms. The molecule has 2 rings (SSSR count). The molecule has 6 heteroatoms. The molecule has 6 nitrogen and oxygen atoms in total. The molecule has 0 aliphatic heterocycles. The van der Waals surface area contributed by atoms with Crippen molar-refractivity contribution in [3.8, 4) is 0 Å². The third-order valence-electron chi connectivity index (χ3n) is 4.41. The quantitative estimate of drug-likeness (QED) is 0.825. The van der Waals surface area contributed by atoms with Gasteiger partial charge in [0.1, 0.15) is 5.69 Å². The van der Waals surface area contributed by atoms with Crippen molar-refractivity contribution < 1.29 is 4.79 Å². The van der Waals surface area contributed by atoms with Crippen LogP contribution in [0.15, 0.2) is 0 Å². The number of likely N-dealkylation sites (N-methyl/N-ethyl adjacent to an activating group) is 1. The van der Waals surface area contributed by atoms with Crippen LogP contribution in [-0.2, 0) is 13.5 Å². The molecule has 3 N–H and O–H groups in total. The first-order chi connectivity index (χ1) is 10.0. The van der Waals surface area contributed by atoms with Crippen LogP contribution in [0.4, 0.5) is 5.69 Å². The molecular formula is C15H27N5O. The molecule has 0 spiro atoms. The lowest BCUT2D eigenvalue weighted by Gasteiger charge is -2.23. The Morgan fingerprint density at radius 2 is 2.14 bits per heavy atom. The maximum Gasteiger partial charge on any atom is 0.271 e. The SMILES string of the molecule is CCc1nn(C)c(C(=O)NCCN(C)C2CCCC2)c1N. The Balaban J connectivity index is 1.86. The molecule has 1 aliphatic carbocycles. The number of amides is 1. The van der Waals surface area contributed by atoms with Gasteiger partial charge in [0.25, 0.3) is 5.91 Å². The molecule has 1 aromatic rings. The Morgan fingerprint density at radius 1 is 1.48 bits per heavy atom. The van der Waals surface area contributed by atoms with Crippen LogP contribution >= 0.6 is 0 Å². The second-order valence-electron chi connectivity index (χ2n) is 5.86. The van der Waals surface area contributed by atoms with Gasteiger partial charge in [0.15, 0.2) is 0 Å². The predicted octanol–water partition coefficient (Wildman–Crippen LogP) is 1.17. The molecule has 118 valence electrons. The Hall–Kier alpha value is -1.56. The van der Waals surface area contributed by atoms with Gasteiger partial charge in [-0.15, -0.1) is 0 Å². The summed E-state index contributed by atoms with van der Waals surface area (Å²) in [6.07, 6.45) is 5.94. The highest BCUT2D eigenvalue weighted by molar-refractivity contribution is 5.97. The van der Waals surface area contributed by atoms with Gasteiger partial charge in [-0.05, 0) is 26.3 Å². The van der Waals surface area contributed by atoms with Crippen molar-refractivity contribution in [3.05, 3.63) is 11.4 Å². The van der Waals surface area contributed by atoms with E-state index in [0.29, 0.717) is 24.0 Å². The number of rotatable bonds is 6. The fourth-order valence-electron chi connectivity index (χ4n) is 3.08. The number of nitrogens with one attached hydrogen (secondary N) is 1. The molecule has 1 aliphatic rings. The van der Waals surface area contributed by atoms with Gasteiger partial charge in [-0.1, -0.05) is 19.8 Å². The molecule has 1 amide bonds. The average molecular weight is 293 g/mol. The van der Waals surface area contributed by atoms with Crippen LogP contribution in [0, 0.1) is 0 Å². The van der Waals surface area contributed by atoms with Gasteiger partial charge in [-0.2, -0.15) is 5.10 Å². The van der Waals surface area contributed by atoms with Crippen molar-refractivity contribution in [1.82, 2.24) is 20.0 Å². The monoisotopic (exact) mass is 293 g/mol. The Morgan fingerprint density at radius 3 is 2.71 bits per heavy atom. The second kappa shape index (κ2) is 6.93. The highest BCUT2D eigenvalue weighted by atomic mass is 16.2. The number of carbonyl (C=O) groups excluding carboxylic acids is 1.